The monoisotopic (exact) mass is 302 g/mol. The summed E-state index contributed by atoms with van der Waals surface area (Å²) in [6.45, 7) is 4.05. The third-order valence-corrected chi connectivity index (χ3v) is 3.27. The van der Waals surface area contributed by atoms with Crippen molar-refractivity contribution >= 4 is 11.7 Å². The van der Waals surface area contributed by atoms with E-state index in [9.17, 15) is 14.9 Å². The number of nitrogens with one attached hydrogen (secondary N) is 1. The van der Waals surface area contributed by atoms with Gasteiger partial charge in [0.25, 0.3) is 0 Å². The summed E-state index contributed by atoms with van der Waals surface area (Å²) >= 11 is 0. The predicted octanol–water partition coefficient (Wildman–Crippen LogP) is 2.30. The molecule has 116 valence electrons. The van der Waals surface area contributed by atoms with Crippen molar-refractivity contribution in [1.82, 2.24) is 14.9 Å². The van der Waals surface area contributed by atoms with Gasteiger partial charge in [0.15, 0.2) is 0 Å². The minimum atomic E-state index is -0.588. The molecular formula is C15H18N4O3. The Hall–Kier alpha value is -2.70. The molecule has 1 aromatic heterocycles. The van der Waals surface area contributed by atoms with Crippen molar-refractivity contribution in [2.75, 3.05) is 0 Å². The number of amides is 1. The summed E-state index contributed by atoms with van der Waals surface area (Å²) in [7, 11) is 0. The number of nitrogens with zero attached hydrogens (tertiary/aromatic N) is 3. The van der Waals surface area contributed by atoms with Crippen molar-refractivity contribution < 1.29 is 9.72 Å². The fraction of sp³-hybridized carbons (Fsp3) is 0.333. The number of carbonyl (C=O) groups is 1. The molecule has 7 nitrogen and oxygen atoms in total. The molecule has 0 fully saturated rings. The molecule has 0 aliphatic carbocycles. The highest BCUT2D eigenvalue weighted by Gasteiger charge is 2.19. The molecule has 1 N–H and O–H groups in total. The minimum absolute atomic E-state index is 0.00308. The fourth-order valence-electron chi connectivity index (χ4n) is 2.21. The molecule has 0 aliphatic heterocycles. The molecule has 1 amide bonds. The largest absolute Gasteiger partial charge is 0.381 e. The van der Waals surface area contributed by atoms with Crippen LogP contribution in [0.5, 0.6) is 0 Å². The van der Waals surface area contributed by atoms with Gasteiger partial charge in [-0.15, -0.1) is 0 Å². The van der Waals surface area contributed by atoms with Gasteiger partial charge in [-0.05, 0) is 21.4 Å². The van der Waals surface area contributed by atoms with Gasteiger partial charge in [0, 0.05) is 0 Å². The van der Waals surface area contributed by atoms with E-state index >= 15 is 0 Å². The topological polar surface area (TPSA) is 90.1 Å². The molecule has 0 saturated carbocycles. The standard InChI is InChI=1S/C15H18N4O3/c1-11(2)15(12-6-4-3-5-7-12)17-14(20)9-18-8-13(16-10-18)19(21)22/h3-8,10-11,15H,9H2,1-2H3,(H,17,20)/t15-/m1/s1. The van der Waals surface area contributed by atoms with Crippen LogP contribution in [0.4, 0.5) is 5.82 Å². The Morgan fingerprint density at radius 1 is 1.36 bits per heavy atom. The van der Waals surface area contributed by atoms with E-state index in [2.05, 4.69) is 10.3 Å². The smallest absolute Gasteiger partial charge is 0.358 e. The molecule has 1 atom stereocenters. The van der Waals surface area contributed by atoms with E-state index in [1.54, 1.807) is 0 Å². The average molecular weight is 302 g/mol. The van der Waals surface area contributed by atoms with Gasteiger partial charge in [-0.2, -0.15) is 0 Å². The maximum absolute atomic E-state index is 12.2. The van der Waals surface area contributed by atoms with E-state index in [1.807, 2.05) is 44.2 Å². The van der Waals surface area contributed by atoms with Crippen LogP contribution in [0.2, 0.25) is 0 Å². The maximum Gasteiger partial charge on any atom is 0.381 e. The Kier molecular flexibility index (Phi) is 4.88. The zero-order valence-electron chi connectivity index (χ0n) is 12.5. The quantitative estimate of drug-likeness (QED) is 0.655. The lowest BCUT2D eigenvalue weighted by Gasteiger charge is -2.23. The fourth-order valence-corrected chi connectivity index (χ4v) is 2.21. The number of imidazole rings is 1. The first-order chi connectivity index (χ1) is 10.5. The van der Waals surface area contributed by atoms with Crippen LogP contribution >= 0.6 is 0 Å². The summed E-state index contributed by atoms with van der Waals surface area (Å²) in [5.74, 6) is -0.255. The highest BCUT2D eigenvalue weighted by Crippen LogP contribution is 2.21. The van der Waals surface area contributed by atoms with E-state index in [-0.39, 0.29) is 30.2 Å². The Morgan fingerprint density at radius 2 is 2.05 bits per heavy atom. The Labute approximate surface area is 128 Å². The summed E-state index contributed by atoms with van der Waals surface area (Å²) in [5, 5.41) is 13.5. The molecule has 0 saturated heterocycles. The number of aromatic nitrogens is 2. The second-order valence-corrected chi connectivity index (χ2v) is 5.36. The van der Waals surface area contributed by atoms with Crippen LogP contribution in [-0.2, 0) is 11.3 Å². The van der Waals surface area contributed by atoms with Crippen LogP contribution in [0.3, 0.4) is 0 Å². The first-order valence-corrected chi connectivity index (χ1v) is 6.98. The Bertz CT molecular complexity index is 652. The molecule has 2 aromatic rings. The molecule has 7 heteroatoms. The summed E-state index contributed by atoms with van der Waals surface area (Å²) in [6.07, 6.45) is 2.52. The van der Waals surface area contributed by atoms with Crippen LogP contribution in [0.15, 0.2) is 42.9 Å². The number of nitro groups is 1. The van der Waals surface area contributed by atoms with Gasteiger partial charge in [0.2, 0.25) is 12.2 Å². The highest BCUT2D eigenvalue weighted by molar-refractivity contribution is 5.76. The summed E-state index contributed by atoms with van der Waals surface area (Å²) in [5.41, 5.74) is 1.03. The molecule has 1 heterocycles. The van der Waals surface area contributed by atoms with Crippen molar-refractivity contribution in [3.63, 3.8) is 0 Å². The van der Waals surface area contributed by atoms with E-state index in [0.29, 0.717) is 0 Å². The molecule has 0 aliphatic rings. The molecule has 0 unspecified atom stereocenters. The lowest BCUT2D eigenvalue weighted by Crippen LogP contribution is -2.34. The van der Waals surface area contributed by atoms with Crippen molar-refractivity contribution in [1.29, 1.82) is 0 Å². The summed E-state index contributed by atoms with van der Waals surface area (Å²) in [6, 6.07) is 9.60. The zero-order valence-corrected chi connectivity index (χ0v) is 12.5. The summed E-state index contributed by atoms with van der Waals surface area (Å²) in [4.78, 5) is 25.8. The zero-order chi connectivity index (χ0) is 16.1. The van der Waals surface area contributed by atoms with Gasteiger partial charge in [0.1, 0.15) is 12.7 Å². The van der Waals surface area contributed by atoms with Crippen LogP contribution in [0.1, 0.15) is 25.5 Å². The molecule has 0 spiro atoms. The van der Waals surface area contributed by atoms with Gasteiger partial charge in [-0.3, -0.25) is 4.79 Å². The first-order valence-electron chi connectivity index (χ1n) is 6.98. The van der Waals surface area contributed by atoms with Crippen molar-refractivity contribution in [3.8, 4) is 0 Å². The molecule has 0 bridgehead atoms. The number of benzene rings is 1. The van der Waals surface area contributed by atoms with Crippen LogP contribution in [0.25, 0.3) is 0 Å². The number of hydrogen-bond acceptors (Lipinski definition) is 4. The SMILES string of the molecule is CC(C)[C@@H](NC(=O)Cn1cnc([N+](=O)[O-])c1)c1ccccc1. The summed E-state index contributed by atoms with van der Waals surface area (Å²) < 4.78 is 1.40. The van der Waals surface area contributed by atoms with Crippen LogP contribution in [0, 0.1) is 16.0 Å². The number of hydrogen-bond donors (Lipinski definition) is 1. The van der Waals surface area contributed by atoms with Gasteiger partial charge in [-0.25, -0.2) is 0 Å². The lowest BCUT2D eigenvalue weighted by molar-refractivity contribution is -0.389. The average Bonchev–Trinajstić information content (AvgIpc) is 2.94. The Morgan fingerprint density at radius 3 is 2.59 bits per heavy atom. The second kappa shape index (κ2) is 6.84. The molecule has 22 heavy (non-hydrogen) atoms. The predicted molar refractivity (Wildman–Crippen MR) is 81.0 cm³/mol. The normalized spacial score (nSPS) is 12.1. The molecule has 2 rings (SSSR count). The van der Waals surface area contributed by atoms with Gasteiger partial charge >= 0.3 is 5.82 Å². The van der Waals surface area contributed by atoms with E-state index in [0.717, 1.165) is 5.56 Å². The van der Waals surface area contributed by atoms with Crippen molar-refractivity contribution in [3.05, 3.63) is 58.5 Å². The first kappa shape index (κ1) is 15.7. The van der Waals surface area contributed by atoms with Gasteiger partial charge < -0.3 is 20.0 Å². The molecule has 1 aromatic carbocycles. The Balaban J connectivity index is 2.03. The second-order valence-electron chi connectivity index (χ2n) is 5.36. The van der Waals surface area contributed by atoms with E-state index in [4.69, 9.17) is 0 Å². The third kappa shape index (κ3) is 3.91. The van der Waals surface area contributed by atoms with Crippen molar-refractivity contribution in [2.45, 2.75) is 26.4 Å². The highest BCUT2D eigenvalue weighted by atomic mass is 16.6. The molecular weight excluding hydrogens is 284 g/mol. The van der Waals surface area contributed by atoms with Crippen LogP contribution in [-0.4, -0.2) is 20.4 Å². The third-order valence-electron chi connectivity index (χ3n) is 3.27. The van der Waals surface area contributed by atoms with Crippen LogP contribution < -0.4 is 5.32 Å². The number of carbonyl (C=O) groups excluding carboxylic acids is 1. The number of rotatable bonds is 6. The van der Waals surface area contributed by atoms with Gasteiger partial charge in [-0.1, -0.05) is 44.2 Å². The van der Waals surface area contributed by atoms with E-state index in [1.165, 1.54) is 17.1 Å². The van der Waals surface area contributed by atoms with Gasteiger partial charge in [0.05, 0.1) is 6.04 Å². The van der Waals surface area contributed by atoms with E-state index < -0.39 is 4.92 Å². The minimum Gasteiger partial charge on any atom is -0.358 e. The lowest BCUT2D eigenvalue weighted by atomic mass is 9.96. The van der Waals surface area contributed by atoms with Crippen molar-refractivity contribution in [2.24, 2.45) is 5.92 Å². The maximum atomic E-state index is 12.2. The molecule has 0 radical (unpaired) electrons.